The summed E-state index contributed by atoms with van der Waals surface area (Å²) in [5.74, 6) is 0.340. The molecule has 0 radical (unpaired) electrons. The highest BCUT2D eigenvalue weighted by Gasteiger charge is 2.31. The molecule has 1 rings (SSSR count). The third kappa shape index (κ3) is 4.83. The Hall–Kier alpha value is -1.59. The summed E-state index contributed by atoms with van der Waals surface area (Å²) in [6.45, 7) is 3.17. The fraction of sp³-hybridized carbons (Fsp3) is 0.533. The molecule has 0 aliphatic rings. The van der Waals surface area contributed by atoms with Crippen LogP contribution in [0.5, 0.6) is 5.75 Å². The van der Waals surface area contributed by atoms with Crippen LogP contribution in [-0.2, 0) is 16.1 Å². The lowest BCUT2D eigenvalue weighted by Gasteiger charge is -2.24. The molecule has 0 aromatic heterocycles. The summed E-state index contributed by atoms with van der Waals surface area (Å²) in [7, 11) is 1.59. The molecule has 0 bridgehead atoms. The van der Waals surface area contributed by atoms with Crippen LogP contribution in [0.3, 0.4) is 0 Å². The Labute approximate surface area is 119 Å². The molecule has 20 heavy (non-hydrogen) atoms. The minimum atomic E-state index is -0.918. The van der Waals surface area contributed by atoms with Crippen molar-refractivity contribution in [2.45, 2.75) is 33.0 Å². The van der Waals surface area contributed by atoms with Crippen molar-refractivity contribution in [2.75, 3.05) is 13.7 Å². The molecular weight excluding hydrogens is 260 g/mol. The van der Waals surface area contributed by atoms with Crippen LogP contribution in [-0.4, -0.2) is 36.0 Å². The van der Waals surface area contributed by atoms with Gasteiger partial charge in [0.25, 0.3) is 0 Å². The van der Waals surface area contributed by atoms with Crippen molar-refractivity contribution < 1.29 is 24.5 Å². The summed E-state index contributed by atoms with van der Waals surface area (Å²) in [4.78, 5) is 12.0. The second-order valence-corrected chi connectivity index (χ2v) is 5.35. The number of aliphatic hydroxyl groups excluding tert-OH is 2. The van der Waals surface area contributed by atoms with Crippen LogP contribution >= 0.6 is 0 Å². The van der Waals surface area contributed by atoms with E-state index in [1.807, 2.05) is 12.1 Å². The molecule has 1 atom stereocenters. The smallest absolute Gasteiger partial charge is 0.311 e. The lowest BCUT2D eigenvalue weighted by atomic mass is 9.87. The zero-order chi connectivity index (χ0) is 15.2. The van der Waals surface area contributed by atoms with Crippen LogP contribution in [0.4, 0.5) is 0 Å². The van der Waals surface area contributed by atoms with E-state index in [0.29, 0.717) is 0 Å². The Bertz CT molecular complexity index is 424. The number of hydrogen-bond donors (Lipinski definition) is 2. The van der Waals surface area contributed by atoms with E-state index in [4.69, 9.17) is 14.6 Å². The van der Waals surface area contributed by atoms with Crippen molar-refractivity contribution >= 4 is 5.97 Å². The first-order chi connectivity index (χ1) is 9.39. The van der Waals surface area contributed by atoms with Crippen molar-refractivity contribution in [3.05, 3.63) is 29.8 Å². The zero-order valence-electron chi connectivity index (χ0n) is 12.1. The number of rotatable bonds is 7. The number of esters is 1. The molecule has 112 valence electrons. The van der Waals surface area contributed by atoms with Gasteiger partial charge in [-0.15, -0.1) is 0 Å². The molecule has 5 heteroatoms. The van der Waals surface area contributed by atoms with Crippen LogP contribution in [0.1, 0.15) is 25.8 Å². The van der Waals surface area contributed by atoms with Crippen molar-refractivity contribution in [2.24, 2.45) is 5.41 Å². The molecule has 1 aromatic rings. The van der Waals surface area contributed by atoms with E-state index < -0.39 is 17.5 Å². The highest BCUT2D eigenvalue weighted by Crippen LogP contribution is 2.25. The van der Waals surface area contributed by atoms with Gasteiger partial charge in [-0.1, -0.05) is 12.1 Å². The summed E-state index contributed by atoms with van der Waals surface area (Å²) < 4.78 is 10.3. The van der Waals surface area contributed by atoms with Gasteiger partial charge in [0.2, 0.25) is 0 Å². The van der Waals surface area contributed by atoms with Gasteiger partial charge in [0, 0.05) is 0 Å². The third-order valence-corrected chi connectivity index (χ3v) is 3.04. The largest absolute Gasteiger partial charge is 0.497 e. The van der Waals surface area contributed by atoms with Crippen molar-refractivity contribution in [3.8, 4) is 5.75 Å². The van der Waals surface area contributed by atoms with Gasteiger partial charge >= 0.3 is 5.97 Å². The summed E-state index contributed by atoms with van der Waals surface area (Å²) in [6, 6.07) is 7.23. The normalized spacial score (nSPS) is 12.8. The zero-order valence-corrected chi connectivity index (χ0v) is 12.1. The molecule has 0 aliphatic heterocycles. The number of methoxy groups -OCH3 is 1. The van der Waals surface area contributed by atoms with Gasteiger partial charge in [0.15, 0.2) is 0 Å². The molecule has 0 saturated heterocycles. The van der Waals surface area contributed by atoms with Crippen LogP contribution in [0, 0.1) is 5.41 Å². The van der Waals surface area contributed by atoms with Gasteiger partial charge in [-0.05, 0) is 38.0 Å². The van der Waals surface area contributed by atoms with E-state index in [0.717, 1.165) is 11.3 Å². The van der Waals surface area contributed by atoms with Crippen molar-refractivity contribution in [1.82, 2.24) is 0 Å². The average molecular weight is 282 g/mol. The predicted octanol–water partition coefficient (Wildman–Crippen LogP) is 1.51. The summed E-state index contributed by atoms with van der Waals surface area (Å²) in [5.41, 5.74) is 0.0203. The summed E-state index contributed by atoms with van der Waals surface area (Å²) in [6.07, 6.45) is -0.760. The van der Waals surface area contributed by atoms with Crippen LogP contribution in [0.25, 0.3) is 0 Å². The standard InChI is InChI=1S/C15H22O5/c1-15(2,8-12(17)9-16)14(18)20-10-11-4-6-13(19-3)7-5-11/h4-7,12,16-17H,8-10H2,1-3H3. The number of aliphatic hydroxyl groups is 2. The van der Waals surface area contributed by atoms with Crippen LogP contribution < -0.4 is 4.74 Å². The Morgan fingerprint density at radius 3 is 2.40 bits per heavy atom. The van der Waals surface area contributed by atoms with Gasteiger partial charge in [-0.3, -0.25) is 4.79 Å². The fourth-order valence-electron chi connectivity index (χ4n) is 1.80. The highest BCUT2D eigenvalue weighted by molar-refractivity contribution is 5.75. The summed E-state index contributed by atoms with van der Waals surface area (Å²) >= 11 is 0. The molecule has 0 heterocycles. The average Bonchev–Trinajstić information content (AvgIpc) is 2.44. The molecule has 1 aromatic carbocycles. The van der Waals surface area contributed by atoms with Gasteiger partial charge in [-0.2, -0.15) is 0 Å². The van der Waals surface area contributed by atoms with Gasteiger partial charge < -0.3 is 19.7 Å². The van der Waals surface area contributed by atoms with Crippen LogP contribution in [0.15, 0.2) is 24.3 Å². The van der Waals surface area contributed by atoms with Gasteiger partial charge in [0.05, 0.1) is 25.2 Å². The minimum Gasteiger partial charge on any atom is -0.497 e. The van der Waals surface area contributed by atoms with Gasteiger partial charge in [0.1, 0.15) is 12.4 Å². The Morgan fingerprint density at radius 1 is 1.30 bits per heavy atom. The maximum absolute atomic E-state index is 12.0. The minimum absolute atomic E-state index is 0.158. The maximum atomic E-state index is 12.0. The topological polar surface area (TPSA) is 76.0 Å². The second-order valence-electron chi connectivity index (χ2n) is 5.35. The first-order valence-corrected chi connectivity index (χ1v) is 6.48. The molecule has 0 fully saturated rings. The number of carbonyl (C=O) groups excluding carboxylic acids is 1. The maximum Gasteiger partial charge on any atom is 0.311 e. The molecular formula is C15H22O5. The quantitative estimate of drug-likeness (QED) is 0.741. The monoisotopic (exact) mass is 282 g/mol. The van der Waals surface area contributed by atoms with E-state index in [9.17, 15) is 9.90 Å². The molecule has 2 N–H and O–H groups in total. The SMILES string of the molecule is COc1ccc(COC(=O)C(C)(C)CC(O)CO)cc1. The predicted molar refractivity (Wildman–Crippen MR) is 74.3 cm³/mol. The van der Waals surface area contributed by atoms with E-state index in [-0.39, 0.29) is 19.6 Å². The lowest BCUT2D eigenvalue weighted by molar-refractivity contribution is -0.157. The number of benzene rings is 1. The van der Waals surface area contributed by atoms with E-state index >= 15 is 0 Å². The number of hydrogen-bond acceptors (Lipinski definition) is 5. The van der Waals surface area contributed by atoms with Crippen molar-refractivity contribution in [3.63, 3.8) is 0 Å². The van der Waals surface area contributed by atoms with Crippen LogP contribution in [0.2, 0.25) is 0 Å². The molecule has 0 saturated carbocycles. The highest BCUT2D eigenvalue weighted by atomic mass is 16.5. The Kier molecular flexibility index (Phi) is 5.98. The van der Waals surface area contributed by atoms with E-state index in [2.05, 4.69) is 0 Å². The van der Waals surface area contributed by atoms with E-state index in [1.54, 1.807) is 33.1 Å². The fourth-order valence-corrected chi connectivity index (χ4v) is 1.80. The third-order valence-electron chi connectivity index (χ3n) is 3.04. The molecule has 5 nitrogen and oxygen atoms in total. The number of carbonyl (C=O) groups is 1. The molecule has 1 unspecified atom stereocenters. The molecule has 0 amide bonds. The first-order valence-electron chi connectivity index (χ1n) is 6.48. The van der Waals surface area contributed by atoms with Gasteiger partial charge in [-0.25, -0.2) is 0 Å². The molecule has 0 spiro atoms. The Morgan fingerprint density at radius 2 is 1.90 bits per heavy atom. The lowest BCUT2D eigenvalue weighted by Crippen LogP contribution is -2.32. The Balaban J connectivity index is 2.52. The summed E-state index contributed by atoms with van der Waals surface area (Å²) in [5, 5.41) is 18.2. The first kappa shape index (κ1) is 16.5. The molecule has 0 aliphatic carbocycles. The number of ether oxygens (including phenoxy) is 2. The van der Waals surface area contributed by atoms with E-state index in [1.165, 1.54) is 0 Å². The van der Waals surface area contributed by atoms with Crippen molar-refractivity contribution in [1.29, 1.82) is 0 Å². The second kappa shape index (κ2) is 7.26.